The zero-order valence-electron chi connectivity index (χ0n) is 18.7. The Morgan fingerprint density at radius 2 is 2.00 bits per heavy atom. The van der Waals surface area contributed by atoms with Crippen molar-refractivity contribution in [3.8, 4) is 0 Å². The molecule has 5 fully saturated rings. The fourth-order valence-corrected chi connectivity index (χ4v) is 7.49. The summed E-state index contributed by atoms with van der Waals surface area (Å²) in [7, 11) is 1.76. The molecule has 1 amide bonds. The van der Waals surface area contributed by atoms with E-state index >= 15 is 0 Å². The number of benzene rings is 1. The Hall–Kier alpha value is -1.65. The molecule has 1 aromatic carbocycles. The van der Waals surface area contributed by atoms with Crippen molar-refractivity contribution in [1.82, 2.24) is 4.90 Å². The number of rotatable bonds is 4. The Morgan fingerprint density at radius 1 is 1.23 bits per heavy atom. The molecule has 5 aliphatic rings. The predicted molar refractivity (Wildman–Crippen MR) is 119 cm³/mol. The van der Waals surface area contributed by atoms with E-state index in [1.54, 1.807) is 7.11 Å². The van der Waals surface area contributed by atoms with Gasteiger partial charge in [0.15, 0.2) is 0 Å². The number of methoxy groups -OCH3 is 1. The third-order valence-electron chi connectivity index (χ3n) is 8.93. The Bertz CT molecular complexity index is 863. The minimum atomic E-state index is -0.240. The van der Waals surface area contributed by atoms with Crippen LogP contribution in [0.4, 0.5) is 0 Å². The fraction of sp³-hybridized carbons (Fsp3) is 0.654. The molecule has 1 aliphatic heterocycles. The third-order valence-corrected chi connectivity index (χ3v) is 8.93. The van der Waals surface area contributed by atoms with Gasteiger partial charge in [-0.1, -0.05) is 55.8 Å². The first-order valence-electron chi connectivity index (χ1n) is 11.6. The predicted octanol–water partition coefficient (Wildman–Crippen LogP) is 3.90. The van der Waals surface area contributed by atoms with Gasteiger partial charge in [0.25, 0.3) is 0 Å². The molecule has 162 valence electrons. The SMILES string of the molecule is COC/C=C1/C2CC3(c4ccccc4)CC1C(C(=O)N1CC[C@H](N)C(C)(C)C1)(C2)C3. The van der Waals surface area contributed by atoms with E-state index in [1.165, 1.54) is 17.6 Å². The van der Waals surface area contributed by atoms with E-state index < -0.39 is 0 Å². The maximum atomic E-state index is 14.2. The summed E-state index contributed by atoms with van der Waals surface area (Å²) in [5, 5.41) is 0. The summed E-state index contributed by atoms with van der Waals surface area (Å²) in [6, 6.07) is 11.1. The molecular formula is C26H36N2O2. The van der Waals surface area contributed by atoms with Gasteiger partial charge in [-0.15, -0.1) is 0 Å². The second kappa shape index (κ2) is 6.93. The van der Waals surface area contributed by atoms with Crippen molar-refractivity contribution in [3.63, 3.8) is 0 Å². The third kappa shape index (κ3) is 2.83. The molecular weight excluding hydrogens is 372 g/mol. The summed E-state index contributed by atoms with van der Waals surface area (Å²) in [6.45, 7) is 6.65. The van der Waals surface area contributed by atoms with Crippen molar-refractivity contribution in [2.24, 2.45) is 28.4 Å². The number of hydrogen-bond acceptors (Lipinski definition) is 3. The van der Waals surface area contributed by atoms with Crippen molar-refractivity contribution in [2.75, 3.05) is 26.8 Å². The maximum absolute atomic E-state index is 14.2. The zero-order valence-corrected chi connectivity index (χ0v) is 18.7. The number of carbonyl (C=O) groups excluding carboxylic acids is 1. The Kier molecular flexibility index (Phi) is 4.68. The number of amides is 1. The number of likely N-dealkylation sites (tertiary alicyclic amines) is 1. The minimum Gasteiger partial charge on any atom is -0.381 e. The van der Waals surface area contributed by atoms with Gasteiger partial charge < -0.3 is 15.4 Å². The molecule has 4 unspecified atom stereocenters. The molecule has 4 nitrogen and oxygen atoms in total. The van der Waals surface area contributed by atoms with Crippen molar-refractivity contribution in [3.05, 3.63) is 47.5 Å². The van der Waals surface area contributed by atoms with Gasteiger partial charge in [0.1, 0.15) is 0 Å². The van der Waals surface area contributed by atoms with Gasteiger partial charge >= 0.3 is 0 Å². The smallest absolute Gasteiger partial charge is 0.229 e. The van der Waals surface area contributed by atoms with E-state index in [9.17, 15) is 4.79 Å². The summed E-state index contributed by atoms with van der Waals surface area (Å²) in [5.41, 5.74) is 9.20. The normalized spacial score (nSPS) is 40.3. The molecule has 30 heavy (non-hydrogen) atoms. The van der Waals surface area contributed by atoms with E-state index in [1.807, 2.05) is 0 Å². The molecule has 4 heteroatoms. The van der Waals surface area contributed by atoms with Crippen LogP contribution in [0.1, 0.15) is 51.5 Å². The molecule has 1 heterocycles. The molecule has 1 saturated heterocycles. The van der Waals surface area contributed by atoms with Gasteiger partial charge in [-0.2, -0.15) is 0 Å². The highest BCUT2D eigenvalue weighted by atomic mass is 16.5. The first kappa shape index (κ1) is 20.3. The molecule has 1 aromatic rings. The number of hydrogen-bond donors (Lipinski definition) is 1. The maximum Gasteiger partial charge on any atom is 0.229 e. The van der Waals surface area contributed by atoms with E-state index in [-0.39, 0.29) is 22.3 Å². The molecule has 0 aromatic heterocycles. The number of nitrogens with zero attached hydrogens (tertiary/aromatic N) is 1. The molecule has 4 aliphatic carbocycles. The van der Waals surface area contributed by atoms with E-state index in [4.69, 9.17) is 10.5 Å². The second-order valence-electron chi connectivity index (χ2n) is 11.1. The number of carbonyl (C=O) groups is 1. The van der Waals surface area contributed by atoms with Crippen molar-refractivity contribution >= 4 is 5.91 Å². The number of nitrogens with two attached hydrogens (primary N) is 1. The number of piperidine rings is 1. The van der Waals surface area contributed by atoms with E-state index in [0.29, 0.717) is 24.3 Å². The molecule has 4 bridgehead atoms. The number of allylic oxidation sites excluding steroid dienone is 1. The minimum absolute atomic E-state index is 0.0218. The van der Waals surface area contributed by atoms with Crippen LogP contribution in [0, 0.1) is 22.7 Å². The van der Waals surface area contributed by atoms with E-state index in [2.05, 4.69) is 55.2 Å². The van der Waals surface area contributed by atoms with E-state index in [0.717, 1.165) is 38.8 Å². The van der Waals surface area contributed by atoms with Crippen LogP contribution in [0.2, 0.25) is 0 Å². The van der Waals surface area contributed by atoms with Crippen LogP contribution in [0.5, 0.6) is 0 Å². The summed E-state index contributed by atoms with van der Waals surface area (Å²) in [5.74, 6) is 1.27. The Labute approximate surface area is 180 Å². The molecule has 2 N–H and O–H groups in total. The van der Waals surface area contributed by atoms with Crippen LogP contribution in [-0.2, 0) is 14.9 Å². The highest BCUT2D eigenvalue weighted by Gasteiger charge is 2.69. The zero-order chi connectivity index (χ0) is 21.1. The van der Waals surface area contributed by atoms with Crippen LogP contribution < -0.4 is 5.73 Å². The largest absolute Gasteiger partial charge is 0.381 e. The number of ether oxygens (including phenoxy) is 1. The van der Waals surface area contributed by atoms with Gasteiger partial charge in [-0.25, -0.2) is 0 Å². The van der Waals surface area contributed by atoms with Gasteiger partial charge in [0.05, 0.1) is 12.0 Å². The lowest BCUT2D eigenvalue weighted by atomic mass is 9.62. The molecule has 5 atom stereocenters. The highest BCUT2D eigenvalue weighted by molar-refractivity contribution is 5.86. The van der Waals surface area contributed by atoms with Crippen LogP contribution in [0.15, 0.2) is 42.0 Å². The quantitative estimate of drug-likeness (QED) is 0.769. The molecule has 0 spiro atoms. The summed E-state index contributed by atoms with van der Waals surface area (Å²) in [6.07, 6.45) is 7.49. The standard InChI is InChI=1S/C26H36N2O2/c1-24(2)17-28(11-9-22(24)27)23(29)26-14-18-13-25(16-26,19-7-5-4-6-8-19)15-21(26)20(18)10-12-30-3/h4-8,10,18,21-22H,9,11-17,27H2,1-3H3/b20-10-/t18?,21?,22-,25?,26?/m0/s1. The van der Waals surface area contributed by atoms with Crippen LogP contribution in [0.25, 0.3) is 0 Å². The first-order chi connectivity index (χ1) is 14.3. The van der Waals surface area contributed by atoms with Crippen LogP contribution in [-0.4, -0.2) is 43.7 Å². The van der Waals surface area contributed by atoms with Gasteiger partial charge in [0.2, 0.25) is 5.91 Å². The molecule has 4 saturated carbocycles. The van der Waals surface area contributed by atoms with Gasteiger partial charge in [0, 0.05) is 26.2 Å². The lowest BCUT2D eigenvalue weighted by Crippen LogP contribution is -2.57. The lowest BCUT2D eigenvalue weighted by Gasteiger charge is -2.47. The van der Waals surface area contributed by atoms with Crippen molar-refractivity contribution < 1.29 is 9.53 Å². The first-order valence-corrected chi connectivity index (χ1v) is 11.6. The Balaban J connectivity index is 1.51. The van der Waals surface area contributed by atoms with Gasteiger partial charge in [-0.3, -0.25) is 4.79 Å². The molecule has 0 radical (unpaired) electrons. The van der Waals surface area contributed by atoms with Crippen LogP contribution >= 0.6 is 0 Å². The topological polar surface area (TPSA) is 55.6 Å². The Morgan fingerprint density at radius 3 is 2.70 bits per heavy atom. The fourth-order valence-electron chi connectivity index (χ4n) is 7.49. The highest BCUT2D eigenvalue weighted by Crippen LogP contribution is 2.73. The van der Waals surface area contributed by atoms with Gasteiger partial charge in [-0.05, 0) is 60.3 Å². The van der Waals surface area contributed by atoms with Crippen molar-refractivity contribution in [2.45, 2.75) is 57.4 Å². The summed E-state index contributed by atoms with van der Waals surface area (Å²) >= 11 is 0. The average Bonchev–Trinajstić information content (AvgIpc) is 3.11. The van der Waals surface area contributed by atoms with Crippen molar-refractivity contribution in [1.29, 1.82) is 0 Å². The molecule has 6 rings (SSSR count). The summed E-state index contributed by atoms with van der Waals surface area (Å²) in [4.78, 5) is 16.3. The lowest BCUT2D eigenvalue weighted by molar-refractivity contribution is -0.147. The van der Waals surface area contributed by atoms with Crippen LogP contribution in [0.3, 0.4) is 0 Å². The monoisotopic (exact) mass is 408 g/mol. The second-order valence-corrected chi connectivity index (χ2v) is 11.1. The average molecular weight is 409 g/mol. The summed E-state index contributed by atoms with van der Waals surface area (Å²) < 4.78 is 5.39.